The maximum atomic E-state index is 13.5. The Morgan fingerprint density at radius 1 is 0.973 bits per heavy atom. The molecule has 2 atom stereocenters. The summed E-state index contributed by atoms with van der Waals surface area (Å²) in [6, 6.07) is 10.3. The van der Waals surface area contributed by atoms with Gasteiger partial charge < -0.3 is 19.3 Å². The Morgan fingerprint density at radius 2 is 1.62 bits per heavy atom. The Kier molecular flexibility index (Phi) is 8.18. The lowest BCUT2D eigenvalue weighted by Crippen LogP contribution is -2.41. The maximum Gasteiger partial charge on any atom is 0.243 e. The second-order valence-corrected chi connectivity index (χ2v) is 11.0. The molecule has 2 N–H and O–H groups in total. The molecule has 1 aromatic carbocycles. The summed E-state index contributed by atoms with van der Waals surface area (Å²) in [4.78, 5) is 4.45. The van der Waals surface area contributed by atoms with Crippen molar-refractivity contribution in [1.29, 1.82) is 0 Å². The lowest BCUT2D eigenvalue weighted by atomic mass is 9.84. The molecule has 11 nitrogen and oxygen atoms in total. The molecular weight excluding hydrogens is 498 g/mol. The number of nitrogens with zero attached hydrogens (tertiary/aromatic N) is 4. The normalized spacial score (nSPS) is 16.1. The van der Waals surface area contributed by atoms with Crippen molar-refractivity contribution in [3.63, 3.8) is 0 Å². The molecule has 0 bridgehead atoms. The van der Waals surface area contributed by atoms with Gasteiger partial charge in [0.05, 0.1) is 27.4 Å². The van der Waals surface area contributed by atoms with E-state index in [4.69, 9.17) is 14.2 Å². The minimum atomic E-state index is -4.06. The molecule has 1 aliphatic carbocycles. The quantitative estimate of drug-likeness (QED) is 0.403. The molecule has 0 amide bonds. The van der Waals surface area contributed by atoms with E-state index in [1.165, 1.54) is 32.8 Å². The molecule has 0 saturated heterocycles. The Bertz CT molecular complexity index is 1300. The van der Waals surface area contributed by atoms with Crippen LogP contribution < -0.4 is 18.9 Å². The molecule has 12 heteroatoms. The van der Waals surface area contributed by atoms with Crippen molar-refractivity contribution < 1.29 is 27.7 Å². The highest BCUT2D eigenvalue weighted by molar-refractivity contribution is 7.93. The third-order valence-electron chi connectivity index (χ3n) is 6.79. The van der Waals surface area contributed by atoms with Gasteiger partial charge in [-0.2, -0.15) is 0 Å². The highest BCUT2D eigenvalue weighted by Crippen LogP contribution is 2.38. The molecule has 2 heterocycles. The number of nitrogens with one attached hydrogen (secondary N) is 1. The second-order valence-electron chi connectivity index (χ2n) is 9.00. The van der Waals surface area contributed by atoms with Crippen molar-refractivity contribution in [3.8, 4) is 34.6 Å². The van der Waals surface area contributed by atoms with Gasteiger partial charge in [0, 0.05) is 6.07 Å². The number of hydrogen-bond donors (Lipinski definition) is 2. The number of sulfonamides is 1. The topological polar surface area (TPSA) is 138 Å². The summed E-state index contributed by atoms with van der Waals surface area (Å²) >= 11 is 0. The van der Waals surface area contributed by atoms with Crippen LogP contribution in [0.2, 0.25) is 0 Å². The van der Waals surface area contributed by atoms with Gasteiger partial charge in [0.25, 0.3) is 0 Å². The number of rotatable bonds is 10. The monoisotopic (exact) mass is 531 g/mol. The first-order valence-electron chi connectivity index (χ1n) is 12.2. The minimum absolute atomic E-state index is 0.0657. The van der Waals surface area contributed by atoms with E-state index in [-0.39, 0.29) is 17.7 Å². The molecule has 0 unspecified atom stereocenters. The lowest BCUT2D eigenvalue weighted by Gasteiger charge is -2.30. The first-order valence-corrected chi connectivity index (χ1v) is 13.7. The summed E-state index contributed by atoms with van der Waals surface area (Å²) in [5.41, 5.74) is 0.774. The SMILES string of the molecule is COc1cccc(-c2nnc(NS(=O)(=O)[C@@H](C)[C@@H](O)C3CCCCC3)n2-c2c(OC)cccc2OC)n1. The van der Waals surface area contributed by atoms with Gasteiger partial charge in [-0.15, -0.1) is 10.2 Å². The summed E-state index contributed by atoms with van der Waals surface area (Å²) in [6.45, 7) is 1.51. The van der Waals surface area contributed by atoms with Crippen molar-refractivity contribution in [1.82, 2.24) is 19.7 Å². The van der Waals surface area contributed by atoms with Gasteiger partial charge in [-0.1, -0.05) is 31.4 Å². The van der Waals surface area contributed by atoms with Crippen molar-refractivity contribution in [2.45, 2.75) is 50.4 Å². The largest absolute Gasteiger partial charge is 0.494 e. The van der Waals surface area contributed by atoms with Crippen molar-refractivity contribution in [2.75, 3.05) is 26.1 Å². The number of aromatic nitrogens is 4. The number of aliphatic hydroxyl groups is 1. The molecule has 1 saturated carbocycles. The van der Waals surface area contributed by atoms with Gasteiger partial charge >= 0.3 is 0 Å². The van der Waals surface area contributed by atoms with Crippen LogP contribution in [0.4, 0.5) is 5.95 Å². The van der Waals surface area contributed by atoms with Crippen molar-refractivity contribution in [3.05, 3.63) is 36.4 Å². The fraction of sp³-hybridized carbons (Fsp3) is 0.480. The summed E-state index contributed by atoms with van der Waals surface area (Å²) in [6.07, 6.45) is 3.69. The van der Waals surface area contributed by atoms with Gasteiger partial charge in [-0.3, -0.25) is 9.29 Å². The lowest BCUT2D eigenvalue weighted by molar-refractivity contribution is 0.0841. The van der Waals surface area contributed by atoms with Crippen LogP contribution in [0.25, 0.3) is 17.2 Å². The molecule has 1 fully saturated rings. The van der Waals surface area contributed by atoms with Gasteiger partial charge in [0.2, 0.25) is 21.9 Å². The van der Waals surface area contributed by atoms with E-state index in [0.717, 1.165) is 32.1 Å². The molecule has 37 heavy (non-hydrogen) atoms. The van der Waals surface area contributed by atoms with Gasteiger partial charge in [-0.05, 0) is 43.9 Å². The van der Waals surface area contributed by atoms with Crippen molar-refractivity contribution in [2.24, 2.45) is 5.92 Å². The number of para-hydroxylation sites is 1. The average molecular weight is 532 g/mol. The third kappa shape index (κ3) is 5.49. The first-order chi connectivity index (χ1) is 17.8. The molecule has 0 radical (unpaired) electrons. The van der Waals surface area contributed by atoms with Gasteiger partial charge in [-0.25, -0.2) is 13.4 Å². The van der Waals surface area contributed by atoms with Crippen LogP contribution in [0.5, 0.6) is 17.4 Å². The molecule has 200 valence electrons. The second kappa shape index (κ2) is 11.3. The van der Waals surface area contributed by atoms with Gasteiger partial charge in [0.15, 0.2) is 5.82 Å². The highest BCUT2D eigenvalue weighted by atomic mass is 32.2. The average Bonchev–Trinajstić information content (AvgIpc) is 3.34. The predicted molar refractivity (Wildman–Crippen MR) is 139 cm³/mol. The Balaban J connectivity index is 1.81. The molecule has 4 rings (SSSR count). The number of benzene rings is 1. The number of aliphatic hydroxyl groups excluding tert-OH is 1. The molecular formula is C25H33N5O6S. The fourth-order valence-electron chi connectivity index (χ4n) is 4.70. The van der Waals surface area contributed by atoms with Crippen LogP contribution in [-0.2, 0) is 10.0 Å². The number of hydrogen-bond acceptors (Lipinski definition) is 9. The summed E-state index contributed by atoms with van der Waals surface area (Å²) in [5.74, 6) is 1.23. The minimum Gasteiger partial charge on any atom is -0.494 e. The standard InChI is InChI=1S/C25H33N5O6S/c1-16(23(31)17-10-6-5-7-11-17)37(32,33)29-25-28-27-24(18-12-8-15-21(26-18)36-4)30(25)22-19(34-2)13-9-14-20(22)35-3/h8-9,12-17,23,31H,5-7,10-11H2,1-4H3,(H,28,29)/t16-,23+/m0/s1. The first kappa shape index (κ1) is 26.7. The molecule has 1 aliphatic rings. The predicted octanol–water partition coefficient (Wildman–Crippen LogP) is 3.43. The van der Waals surface area contributed by atoms with E-state index in [1.807, 2.05) is 0 Å². The summed E-state index contributed by atoms with van der Waals surface area (Å²) < 4.78 is 47.4. The zero-order chi connectivity index (χ0) is 26.6. The number of pyridine rings is 1. The zero-order valence-electron chi connectivity index (χ0n) is 21.4. The molecule has 0 aliphatic heterocycles. The van der Waals surface area contributed by atoms with E-state index < -0.39 is 21.4 Å². The molecule has 2 aromatic heterocycles. The Hall–Kier alpha value is -3.38. The Labute approximate surface area is 216 Å². The number of methoxy groups -OCH3 is 3. The van der Waals surface area contributed by atoms with Crippen molar-refractivity contribution >= 4 is 16.0 Å². The number of ether oxygens (including phenoxy) is 3. The van der Waals surface area contributed by atoms with Crippen LogP contribution in [0, 0.1) is 5.92 Å². The van der Waals surface area contributed by atoms with Crippen LogP contribution >= 0.6 is 0 Å². The third-order valence-corrected chi connectivity index (χ3v) is 8.51. The zero-order valence-corrected chi connectivity index (χ0v) is 22.2. The van der Waals surface area contributed by atoms with E-state index in [0.29, 0.717) is 28.8 Å². The summed E-state index contributed by atoms with van der Waals surface area (Å²) in [7, 11) is 0.433. The van der Waals surface area contributed by atoms with Gasteiger partial charge in [0.1, 0.15) is 28.1 Å². The van der Waals surface area contributed by atoms with Crippen LogP contribution in [-0.4, -0.2) is 66.0 Å². The Morgan fingerprint density at radius 3 is 2.24 bits per heavy atom. The highest BCUT2D eigenvalue weighted by Gasteiger charge is 2.36. The fourth-order valence-corrected chi connectivity index (χ4v) is 5.86. The van der Waals surface area contributed by atoms with Crippen LogP contribution in [0.1, 0.15) is 39.0 Å². The van der Waals surface area contributed by atoms with E-state index >= 15 is 0 Å². The summed E-state index contributed by atoms with van der Waals surface area (Å²) in [5, 5.41) is 18.3. The van der Waals surface area contributed by atoms with E-state index in [2.05, 4.69) is 19.9 Å². The smallest absolute Gasteiger partial charge is 0.243 e. The number of anilines is 1. The van der Waals surface area contributed by atoms with E-state index in [1.54, 1.807) is 36.4 Å². The molecule has 3 aromatic rings. The van der Waals surface area contributed by atoms with E-state index in [9.17, 15) is 13.5 Å². The van der Waals surface area contributed by atoms with Crippen LogP contribution in [0.3, 0.4) is 0 Å². The van der Waals surface area contributed by atoms with Crippen LogP contribution in [0.15, 0.2) is 36.4 Å². The maximum absolute atomic E-state index is 13.5. The molecule has 0 spiro atoms.